The van der Waals surface area contributed by atoms with Crippen molar-refractivity contribution in [2.24, 2.45) is 5.73 Å². The van der Waals surface area contributed by atoms with Crippen LogP contribution < -0.4 is 10.5 Å². The SMILES string of the molecule is Cc1cc(C)cc(Oc2cc(-c3c(C)nnn3C3CCN(C(=N)N)CC3)ccn2)c1. The van der Waals surface area contributed by atoms with Crippen LogP contribution in [0.1, 0.15) is 35.7 Å². The molecule has 2 aromatic heterocycles. The van der Waals surface area contributed by atoms with E-state index in [1.807, 2.05) is 40.8 Å². The van der Waals surface area contributed by atoms with Crippen LogP contribution in [0.2, 0.25) is 0 Å². The second-order valence-electron chi connectivity index (χ2n) is 7.88. The van der Waals surface area contributed by atoms with Crippen molar-refractivity contribution >= 4 is 5.96 Å². The van der Waals surface area contributed by atoms with Gasteiger partial charge in [0.15, 0.2) is 5.96 Å². The van der Waals surface area contributed by atoms with Crippen molar-refractivity contribution in [3.05, 3.63) is 53.3 Å². The molecule has 1 saturated heterocycles. The summed E-state index contributed by atoms with van der Waals surface area (Å²) in [5.74, 6) is 1.44. The Bertz CT molecular complexity index is 1050. The van der Waals surface area contributed by atoms with E-state index < -0.39 is 0 Å². The van der Waals surface area contributed by atoms with E-state index in [0.29, 0.717) is 5.88 Å². The van der Waals surface area contributed by atoms with Gasteiger partial charge in [-0.1, -0.05) is 11.3 Å². The molecule has 0 aliphatic carbocycles. The normalized spacial score (nSPS) is 14.7. The zero-order valence-electron chi connectivity index (χ0n) is 17.6. The number of guanidine groups is 1. The summed E-state index contributed by atoms with van der Waals surface area (Å²) in [7, 11) is 0. The summed E-state index contributed by atoms with van der Waals surface area (Å²) < 4.78 is 8.04. The third kappa shape index (κ3) is 4.12. The molecule has 4 rings (SSSR count). The van der Waals surface area contributed by atoms with Gasteiger partial charge in [0.05, 0.1) is 17.4 Å². The molecule has 1 aliphatic rings. The molecule has 3 N–H and O–H groups in total. The molecule has 0 saturated carbocycles. The van der Waals surface area contributed by atoms with Crippen LogP contribution in [0.3, 0.4) is 0 Å². The van der Waals surface area contributed by atoms with E-state index in [1.54, 1.807) is 6.20 Å². The van der Waals surface area contributed by atoms with Crippen molar-refractivity contribution in [3.63, 3.8) is 0 Å². The Labute approximate surface area is 176 Å². The monoisotopic (exact) mass is 405 g/mol. The van der Waals surface area contributed by atoms with E-state index in [4.69, 9.17) is 15.9 Å². The maximum Gasteiger partial charge on any atom is 0.219 e. The van der Waals surface area contributed by atoms with Gasteiger partial charge in [0.25, 0.3) is 0 Å². The summed E-state index contributed by atoms with van der Waals surface area (Å²) >= 11 is 0. The third-order valence-corrected chi connectivity index (χ3v) is 5.44. The van der Waals surface area contributed by atoms with Gasteiger partial charge in [-0.05, 0) is 62.9 Å². The Morgan fingerprint density at radius 1 is 1.10 bits per heavy atom. The Hall–Kier alpha value is -3.42. The van der Waals surface area contributed by atoms with Gasteiger partial charge in [-0.15, -0.1) is 5.10 Å². The Morgan fingerprint density at radius 3 is 2.47 bits per heavy atom. The molecule has 0 spiro atoms. The number of nitrogens with one attached hydrogen (secondary N) is 1. The summed E-state index contributed by atoms with van der Waals surface area (Å²) in [6.07, 6.45) is 3.49. The quantitative estimate of drug-likeness (QED) is 0.508. The topological polar surface area (TPSA) is 106 Å². The molecule has 0 radical (unpaired) electrons. The minimum atomic E-state index is 0.130. The molecule has 8 nitrogen and oxygen atoms in total. The van der Waals surface area contributed by atoms with Crippen LogP contribution in [0.5, 0.6) is 11.6 Å². The second kappa shape index (κ2) is 8.14. The highest BCUT2D eigenvalue weighted by Gasteiger charge is 2.25. The molecular formula is C22H27N7O. The van der Waals surface area contributed by atoms with E-state index in [1.165, 1.54) is 0 Å². The number of hydrogen-bond acceptors (Lipinski definition) is 5. The molecule has 30 heavy (non-hydrogen) atoms. The molecular weight excluding hydrogens is 378 g/mol. The molecule has 1 fully saturated rings. The first kappa shape index (κ1) is 19.9. The standard InChI is InChI=1S/C22H27N7O/c1-14-10-15(2)12-19(11-14)30-20-13-17(4-7-25-20)21-16(3)26-27-29(21)18-5-8-28(9-6-18)22(23)24/h4,7,10-13,18H,5-6,8-9H2,1-3H3,(H3,23,24). The van der Waals surface area contributed by atoms with Crippen LogP contribution in [0.25, 0.3) is 11.3 Å². The van der Waals surface area contributed by atoms with Gasteiger partial charge in [-0.25, -0.2) is 9.67 Å². The zero-order chi connectivity index (χ0) is 21.3. The van der Waals surface area contributed by atoms with E-state index in [-0.39, 0.29) is 12.0 Å². The summed E-state index contributed by atoms with van der Waals surface area (Å²) in [6.45, 7) is 7.56. The highest BCUT2D eigenvalue weighted by atomic mass is 16.5. The fraction of sp³-hybridized carbons (Fsp3) is 0.364. The van der Waals surface area contributed by atoms with Crippen LogP contribution in [0.4, 0.5) is 0 Å². The van der Waals surface area contributed by atoms with Crippen LogP contribution >= 0.6 is 0 Å². The van der Waals surface area contributed by atoms with Crippen LogP contribution in [-0.4, -0.2) is 43.9 Å². The molecule has 1 aliphatic heterocycles. The second-order valence-corrected chi connectivity index (χ2v) is 7.88. The van der Waals surface area contributed by atoms with Crippen molar-refractivity contribution < 1.29 is 4.74 Å². The van der Waals surface area contributed by atoms with E-state index in [9.17, 15) is 0 Å². The minimum absolute atomic E-state index is 0.130. The van der Waals surface area contributed by atoms with Crippen LogP contribution in [0.15, 0.2) is 36.5 Å². The molecule has 0 bridgehead atoms. The summed E-state index contributed by atoms with van der Waals surface area (Å²) in [4.78, 5) is 6.28. The molecule has 156 valence electrons. The summed E-state index contributed by atoms with van der Waals surface area (Å²) in [5, 5.41) is 16.4. The number of rotatable bonds is 4. The third-order valence-electron chi connectivity index (χ3n) is 5.44. The van der Waals surface area contributed by atoms with Crippen LogP contribution in [0, 0.1) is 26.2 Å². The fourth-order valence-electron chi connectivity index (χ4n) is 4.05. The van der Waals surface area contributed by atoms with Crippen molar-refractivity contribution in [1.29, 1.82) is 5.41 Å². The van der Waals surface area contributed by atoms with Crippen molar-refractivity contribution in [2.45, 2.75) is 39.7 Å². The molecule has 0 unspecified atom stereocenters. The number of pyridine rings is 1. The highest BCUT2D eigenvalue weighted by molar-refractivity contribution is 5.74. The van der Waals surface area contributed by atoms with E-state index in [0.717, 1.165) is 59.8 Å². The van der Waals surface area contributed by atoms with Crippen molar-refractivity contribution in [3.8, 4) is 22.9 Å². The predicted molar refractivity (Wildman–Crippen MR) is 116 cm³/mol. The molecule has 3 heterocycles. The minimum Gasteiger partial charge on any atom is -0.439 e. The van der Waals surface area contributed by atoms with Gasteiger partial charge >= 0.3 is 0 Å². The first-order valence-corrected chi connectivity index (χ1v) is 10.1. The number of nitrogens with zero attached hydrogens (tertiary/aromatic N) is 5. The largest absolute Gasteiger partial charge is 0.439 e. The Kier molecular flexibility index (Phi) is 5.39. The first-order chi connectivity index (χ1) is 14.4. The molecule has 0 atom stereocenters. The average molecular weight is 406 g/mol. The van der Waals surface area contributed by atoms with Gasteiger partial charge in [-0.2, -0.15) is 0 Å². The number of likely N-dealkylation sites (tertiary alicyclic amines) is 1. The molecule has 3 aromatic rings. The maximum atomic E-state index is 7.63. The lowest BCUT2D eigenvalue weighted by Crippen LogP contribution is -2.42. The van der Waals surface area contributed by atoms with Gasteiger partial charge in [-0.3, -0.25) is 5.41 Å². The zero-order valence-corrected chi connectivity index (χ0v) is 17.6. The van der Waals surface area contributed by atoms with Gasteiger partial charge < -0.3 is 15.4 Å². The lowest BCUT2D eigenvalue weighted by Gasteiger charge is -2.32. The first-order valence-electron chi connectivity index (χ1n) is 10.1. The number of piperidine rings is 1. The van der Waals surface area contributed by atoms with Gasteiger partial charge in [0.1, 0.15) is 5.75 Å². The van der Waals surface area contributed by atoms with Crippen LogP contribution in [-0.2, 0) is 0 Å². The molecule has 8 heteroatoms. The lowest BCUT2D eigenvalue weighted by molar-refractivity contribution is 0.250. The number of benzene rings is 1. The lowest BCUT2D eigenvalue weighted by atomic mass is 10.0. The van der Waals surface area contributed by atoms with Crippen molar-refractivity contribution in [1.82, 2.24) is 24.9 Å². The van der Waals surface area contributed by atoms with Gasteiger partial charge in [0.2, 0.25) is 5.88 Å². The number of hydrogen-bond donors (Lipinski definition) is 2. The van der Waals surface area contributed by atoms with Gasteiger partial charge in [0, 0.05) is 30.9 Å². The summed E-state index contributed by atoms with van der Waals surface area (Å²) in [5.41, 5.74) is 10.7. The van der Waals surface area contributed by atoms with E-state index in [2.05, 4.69) is 35.2 Å². The molecule has 0 amide bonds. The highest BCUT2D eigenvalue weighted by Crippen LogP contribution is 2.32. The summed E-state index contributed by atoms with van der Waals surface area (Å²) in [6, 6.07) is 10.2. The average Bonchev–Trinajstić information content (AvgIpc) is 3.09. The van der Waals surface area contributed by atoms with Crippen molar-refractivity contribution in [2.75, 3.05) is 13.1 Å². The Morgan fingerprint density at radius 2 is 1.80 bits per heavy atom. The number of aromatic nitrogens is 4. The Balaban J connectivity index is 1.60. The maximum absolute atomic E-state index is 7.63. The smallest absolute Gasteiger partial charge is 0.219 e. The number of ether oxygens (including phenoxy) is 1. The van der Waals surface area contributed by atoms with E-state index >= 15 is 0 Å². The molecule has 1 aromatic carbocycles. The number of aryl methyl sites for hydroxylation is 3. The fourth-order valence-corrected chi connectivity index (χ4v) is 4.05. The predicted octanol–water partition coefficient (Wildman–Crippen LogP) is 3.59. The number of nitrogens with two attached hydrogens (primary N) is 1.